The first-order chi connectivity index (χ1) is 14.9. The molecule has 5 atom stereocenters. The molecule has 1 aromatic heterocycles. The van der Waals surface area contributed by atoms with Gasteiger partial charge in [-0.2, -0.15) is 0 Å². The molecule has 5 nitrogen and oxygen atoms in total. The summed E-state index contributed by atoms with van der Waals surface area (Å²) in [6, 6.07) is 9.13. The third-order valence-electron chi connectivity index (χ3n) is 6.79. The van der Waals surface area contributed by atoms with Crippen LogP contribution in [0.4, 0.5) is 4.39 Å². The molecular formula is C25H25FN2O3. The molecule has 0 radical (unpaired) electrons. The second kappa shape index (κ2) is 7.59. The second-order valence-electron chi connectivity index (χ2n) is 9.10. The average Bonchev–Trinajstić information content (AvgIpc) is 3.03. The highest BCUT2D eigenvalue weighted by molar-refractivity contribution is 6.11. The molecule has 160 valence electrons. The van der Waals surface area contributed by atoms with E-state index in [2.05, 4.69) is 18.8 Å². The Bertz CT molecular complexity index is 1050. The van der Waals surface area contributed by atoms with Crippen molar-refractivity contribution >= 4 is 11.7 Å². The van der Waals surface area contributed by atoms with Gasteiger partial charge in [0.05, 0.1) is 17.5 Å². The summed E-state index contributed by atoms with van der Waals surface area (Å²) >= 11 is 0. The van der Waals surface area contributed by atoms with Crippen molar-refractivity contribution in [2.45, 2.75) is 45.4 Å². The molecule has 1 fully saturated rings. The smallest absolute Gasteiger partial charge is 0.290 e. The van der Waals surface area contributed by atoms with Crippen LogP contribution in [0, 0.1) is 23.6 Å². The third-order valence-corrected chi connectivity index (χ3v) is 6.79. The third kappa shape index (κ3) is 3.34. The number of nitrogens with zero attached hydrogens (tertiary/aromatic N) is 2. The van der Waals surface area contributed by atoms with Crippen LogP contribution in [0.5, 0.6) is 0 Å². The predicted octanol–water partition coefficient (Wildman–Crippen LogP) is 4.21. The quantitative estimate of drug-likeness (QED) is 0.747. The molecule has 5 rings (SSSR count). The fourth-order valence-corrected chi connectivity index (χ4v) is 5.47. The van der Waals surface area contributed by atoms with E-state index in [0.29, 0.717) is 23.6 Å². The van der Waals surface area contributed by atoms with Gasteiger partial charge in [-0.15, -0.1) is 0 Å². The van der Waals surface area contributed by atoms with Gasteiger partial charge in [0.15, 0.2) is 11.5 Å². The van der Waals surface area contributed by atoms with Gasteiger partial charge in [0.25, 0.3) is 5.91 Å². The van der Waals surface area contributed by atoms with Crippen molar-refractivity contribution in [3.63, 3.8) is 0 Å². The summed E-state index contributed by atoms with van der Waals surface area (Å²) in [5.74, 6) is -0.0819. The van der Waals surface area contributed by atoms with E-state index in [4.69, 9.17) is 4.74 Å². The minimum atomic E-state index is -0.593. The number of ether oxygens (including phenoxy) is 1. The first-order valence-corrected chi connectivity index (χ1v) is 10.8. The number of amides is 1. The van der Waals surface area contributed by atoms with E-state index in [1.54, 1.807) is 29.4 Å². The molecule has 6 heteroatoms. The molecule has 3 aliphatic rings. The van der Waals surface area contributed by atoms with Crippen LogP contribution in [-0.4, -0.2) is 27.7 Å². The van der Waals surface area contributed by atoms with Crippen LogP contribution < -0.4 is 0 Å². The van der Waals surface area contributed by atoms with Gasteiger partial charge >= 0.3 is 0 Å². The fourth-order valence-electron chi connectivity index (χ4n) is 5.47. The number of aromatic nitrogens is 1. The SMILES string of the molecule is CC1CC(C)C2OC3=C(C(=O)C2C1)C(c1ccc(F)cc1)N(Cc1cccnc1)C3=O. The summed E-state index contributed by atoms with van der Waals surface area (Å²) in [6.07, 6.45) is 4.86. The van der Waals surface area contributed by atoms with Gasteiger partial charge in [0.2, 0.25) is 0 Å². The van der Waals surface area contributed by atoms with Crippen molar-refractivity contribution in [2.75, 3.05) is 0 Å². The lowest BCUT2D eigenvalue weighted by Crippen LogP contribution is -2.45. The number of carbonyl (C=O) groups excluding carboxylic acids is 2. The van der Waals surface area contributed by atoms with E-state index >= 15 is 0 Å². The van der Waals surface area contributed by atoms with Crippen LogP contribution in [-0.2, 0) is 20.9 Å². The van der Waals surface area contributed by atoms with E-state index in [-0.39, 0.29) is 41.2 Å². The normalized spacial score (nSPS) is 30.2. The highest BCUT2D eigenvalue weighted by atomic mass is 19.1. The molecule has 0 saturated heterocycles. The average molecular weight is 420 g/mol. The van der Waals surface area contributed by atoms with Crippen LogP contribution in [0.3, 0.4) is 0 Å². The number of hydrogen-bond acceptors (Lipinski definition) is 4. The Kier molecular flexibility index (Phi) is 4.88. The second-order valence-corrected chi connectivity index (χ2v) is 9.10. The maximum Gasteiger partial charge on any atom is 0.290 e. The Morgan fingerprint density at radius 2 is 1.90 bits per heavy atom. The van der Waals surface area contributed by atoms with Gasteiger partial charge in [-0.1, -0.05) is 32.0 Å². The van der Waals surface area contributed by atoms with Gasteiger partial charge in [-0.05, 0) is 54.0 Å². The molecule has 1 saturated carbocycles. The highest BCUT2D eigenvalue weighted by Gasteiger charge is 2.53. The summed E-state index contributed by atoms with van der Waals surface area (Å²) in [4.78, 5) is 33.0. The summed E-state index contributed by atoms with van der Waals surface area (Å²) in [6.45, 7) is 4.55. The minimum absolute atomic E-state index is 0.000937. The highest BCUT2D eigenvalue weighted by Crippen LogP contribution is 2.49. The number of carbonyl (C=O) groups is 2. The summed E-state index contributed by atoms with van der Waals surface area (Å²) in [5.41, 5.74) is 1.98. The van der Waals surface area contributed by atoms with Crippen molar-refractivity contribution in [3.8, 4) is 0 Å². The number of rotatable bonds is 3. The topological polar surface area (TPSA) is 59.5 Å². The zero-order chi connectivity index (χ0) is 21.7. The summed E-state index contributed by atoms with van der Waals surface area (Å²) < 4.78 is 19.9. The van der Waals surface area contributed by atoms with Crippen LogP contribution in [0.15, 0.2) is 60.1 Å². The van der Waals surface area contributed by atoms with Crippen molar-refractivity contribution in [1.29, 1.82) is 0 Å². The lowest BCUT2D eigenvalue weighted by Gasteiger charge is -2.41. The molecule has 2 aliphatic heterocycles. The molecule has 2 aromatic rings. The Balaban J connectivity index is 1.59. The van der Waals surface area contributed by atoms with Gasteiger partial charge in [-0.25, -0.2) is 4.39 Å². The van der Waals surface area contributed by atoms with Gasteiger partial charge in [0, 0.05) is 18.9 Å². The number of benzene rings is 1. The molecule has 1 aliphatic carbocycles. The maximum atomic E-state index is 13.7. The van der Waals surface area contributed by atoms with E-state index in [1.807, 2.05) is 12.1 Å². The summed E-state index contributed by atoms with van der Waals surface area (Å²) in [5, 5.41) is 0. The lowest BCUT2D eigenvalue weighted by atomic mass is 9.70. The largest absolute Gasteiger partial charge is 0.483 e. The van der Waals surface area contributed by atoms with E-state index in [0.717, 1.165) is 18.4 Å². The molecular weight excluding hydrogens is 395 g/mol. The molecule has 3 heterocycles. The molecule has 1 aromatic carbocycles. The number of hydrogen-bond donors (Lipinski definition) is 0. The van der Waals surface area contributed by atoms with Gasteiger partial charge < -0.3 is 9.64 Å². The Hall–Kier alpha value is -3.02. The number of pyridine rings is 1. The van der Waals surface area contributed by atoms with Gasteiger partial charge in [-0.3, -0.25) is 14.6 Å². The van der Waals surface area contributed by atoms with E-state index < -0.39 is 6.04 Å². The maximum absolute atomic E-state index is 13.7. The zero-order valence-corrected chi connectivity index (χ0v) is 17.6. The number of Topliss-reactive ketones (excluding diaryl/α,β-unsaturated/α-hetero) is 1. The monoisotopic (exact) mass is 420 g/mol. The predicted molar refractivity (Wildman–Crippen MR) is 112 cm³/mol. The van der Waals surface area contributed by atoms with Gasteiger partial charge in [0.1, 0.15) is 11.9 Å². The molecule has 0 N–H and O–H groups in total. The molecule has 0 bridgehead atoms. The first kappa shape index (κ1) is 19.9. The molecule has 31 heavy (non-hydrogen) atoms. The molecule has 5 unspecified atom stereocenters. The first-order valence-electron chi connectivity index (χ1n) is 10.8. The fraction of sp³-hybridized carbons (Fsp3) is 0.400. The Labute approximate surface area is 180 Å². The minimum Gasteiger partial charge on any atom is -0.483 e. The van der Waals surface area contributed by atoms with Crippen molar-refractivity contribution < 1.29 is 18.7 Å². The van der Waals surface area contributed by atoms with E-state index in [9.17, 15) is 14.0 Å². The van der Waals surface area contributed by atoms with E-state index in [1.165, 1.54) is 12.1 Å². The number of fused-ring (bicyclic) bond motifs is 1. The number of halogens is 1. The number of ketones is 1. The van der Waals surface area contributed by atoms with Crippen LogP contribution in [0.25, 0.3) is 0 Å². The molecule has 1 amide bonds. The van der Waals surface area contributed by atoms with Crippen LogP contribution in [0.1, 0.15) is 43.9 Å². The Morgan fingerprint density at radius 1 is 1.13 bits per heavy atom. The standard InChI is InChI=1S/C25H25FN2O3/c1-14-10-15(2)23-19(11-14)22(29)20-21(17-5-7-18(26)8-6-17)28(25(30)24(20)31-23)13-16-4-3-9-27-12-16/h3-9,12,14-15,19,21,23H,10-11,13H2,1-2H3. The zero-order valence-electron chi connectivity index (χ0n) is 17.6. The van der Waals surface area contributed by atoms with Crippen LogP contribution >= 0.6 is 0 Å². The summed E-state index contributed by atoms with van der Waals surface area (Å²) in [7, 11) is 0. The van der Waals surface area contributed by atoms with Crippen LogP contribution in [0.2, 0.25) is 0 Å². The Morgan fingerprint density at radius 3 is 2.61 bits per heavy atom. The van der Waals surface area contributed by atoms with Crippen molar-refractivity contribution in [1.82, 2.24) is 9.88 Å². The van der Waals surface area contributed by atoms with Crippen molar-refractivity contribution in [2.24, 2.45) is 17.8 Å². The molecule has 0 spiro atoms. The van der Waals surface area contributed by atoms with Crippen molar-refractivity contribution in [3.05, 3.63) is 77.1 Å². The lowest BCUT2D eigenvalue weighted by molar-refractivity contribution is -0.139.